The first-order valence-corrected chi connectivity index (χ1v) is 6.58. The van der Waals surface area contributed by atoms with Crippen LogP contribution in [-0.2, 0) is 0 Å². The highest BCUT2D eigenvalue weighted by Gasteiger charge is 2.22. The van der Waals surface area contributed by atoms with E-state index in [0.29, 0.717) is 5.92 Å². The van der Waals surface area contributed by atoms with E-state index in [-0.39, 0.29) is 6.10 Å². The Morgan fingerprint density at radius 3 is 2.24 bits per heavy atom. The fourth-order valence-corrected chi connectivity index (χ4v) is 2.51. The molecule has 0 unspecified atom stereocenters. The van der Waals surface area contributed by atoms with Gasteiger partial charge in [0, 0.05) is 25.5 Å². The third-order valence-corrected chi connectivity index (χ3v) is 3.98. The van der Waals surface area contributed by atoms with Crippen molar-refractivity contribution in [1.29, 1.82) is 0 Å². The number of aromatic nitrogens is 2. The Morgan fingerprint density at radius 2 is 1.71 bits per heavy atom. The van der Waals surface area contributed by atoms with Crippen molar-refractivity contribution in [2.75, 3.05) is 18.0 Å². The fourth-order valence-electron chi connectivity index (χ4n) is 2.51. The Labute approximate surface area is 102 Å². The molecule has 4 heteroatoms. The summed E-state index contributed by atoms with van der Waals surface area (Å²) in [4.78, 5) is 11.1. The predicted molar refractivity (Wildman–Crippen MR) is 66.1 cm³/mol. The van der Waals surface area contributed by atoms with Crippen LogP contribution in [0.5, 0.6) is 0 Å². The molecule has 1 saturated heterocycles. The van der Waals surface area contributed by atoms with Gasteiger partial charge in [-0.2, -0.15) is 0 Å². The van der Waals surface area contributed by atoms with Gasteiger partial charge in [-0.05, 0) is 37.2 Å². The van der Waals surface area contributed by atoms with E-state index < -0.39 is 0 Å². The lowest BCUT2D eigenvalue weighted by atomic mass is 9.81. The van der Waals surface area contributed by atoms with Crippen LogP contribution in [0.1, 0.15) is 43.6 Å². The van der Waals surface area contributed by atoms with Crippen LogP contribution in [0.2, 0.25) is 0 Å². The highest BCUT2D eigenvalue weighted by atomic mass is 16.3. The Hall–Kier alpha value is -1.16. The minimum Gasteiger partial charge on any atom is -0.393 e. The van der Waals surface area contributed by atoms with Crippen molar-refractivity contribution in [3.8, 4) is 0 Å². The maximum atomic E-state index is 9.46. The summed E-state index contributed by atoms with van der Waals surface area (Å²) in [7, 11) is 0. The second-order valence-corrected chi connectivity index (χ2v) is 5.16. The zero-order chi connectivity index (χ0) is 11.7. The van der Waals surface area contributed by atoms with Crippen molar-refractivity contribution in [2.45, 2.75) is 44.1 Å². The van der Waals surface area contributed by atoms with Gasteiger partial charge < -0.3 is 10.0 Å². The Balaban J connectivity index is 1.67. The summed E-state index contributed by atoms with van der Waals surface area (Å²) >= 11 is 0. The zero-order valence-electron chi connectivity index (χ0n) is 10.0. The van der Waals surface area contributed by atoms with Gasteiger partial charge in [0.15, 0.2) is 0 Å². The number of anilines is 1. The van der Waals surface area contributed by atoms with Gasteiger partial charge in [0.25, 0.3) is 0 Å². The highest BCUT2D eigenvalue weighted by Crippen LogP contribution is 2.35. The first-order valence-electron chi connectivity index (χ1n) is 6.58. The summed E-state index contributed by atoms with van der Waals surface area (Å²) in [5, 5.41) is 9.46. The maximum Gasteiger partial charge on any atom is 0.225 e. The van der Waals surface area contributed by atoms with Crippen molar-refractivity contribution in [1.82, 2.24) is 9.97 Å². The quantitative estimate of drug-likeness (QED) is 0.844. The third-order valence-electron chi connectivity index (χ3n) is 3.98. The molecule has 4 nitrogen and oxygen atoms in total. The molecule has 2 heterocycles. The van der Waals surface area contributed by atoms with Crippen LogP contribution in [0.25, 0.3) is 0 Å². The molecule has 1 aliphatic heterocycles. The van der Waals surface area contributed by atoms with Crippen LogP contribution in [0, 0.1) is 0 Å². The van der Waals surface area contributed by atoms with Gasteiger partial charge in [0.05, 0.1) is 6.10 Å². The van der Waals surface area contributed by atoms with Crippen LogP contribution in [-0.4, -0.2) is 34.3 Å². The standard InChI is InChI=1S/C13H19N3O/c17-12-4-6-16(7-5-12)13-14-8-11(9-15-13)10-2-1-3-10/h8-10,12,17H,1-7H2. The van der Waals surface area contributed by atoms with Crippen LogP contribution >= 0.6 is 0 Å². The van der Waals surface area contributed by atoms with E-state index in [4.69, 9.17) is 0 Å². The minimum atomic E-state index is -0.138. The number of piperidine rings is 1. The molecule has 2 aliphatic rings. The Kier molecular flexibility index (Phi) is 2.97. The fraction of sp³-hybridized carbons (Fsp3) is 0.692. The van der Waals surface area contributed by atoms with Crippen molar-refractivity contribution in [3.05, 3.63) is 18.0 Å². The number of nitrogens with zero attached hydrogens (tertiary/aromatic N) is 3. The van der Waals surface area contributed by atoms with Crippen LogP contribution in [0.4, 0.5) is 5.95 Å². The molecule has 0 aromatic carbocycles. The molecule has 1 aromatic heterocycles. The zero-order valence-corrected chi connectivity index (χ0v) is 10.0. The summed E-state index contributed by atoms with van der Waals surface area (Å²) < 4.78 is 0. The van der Waals surface area contributed by atoms with Gasteiger partial charge >= 0.3 is 0 Å². The molecule has 3 rings (SSSR count). The van der Waals surface area contributed by atoms with Gasteiger partial charge in [-0.15, -0.1) is 0 Å². The summed E-state index contributed by atoms with van der Waals surface area (Å²) in [6.45, 7) is 1.73. The molecule has 1 aliphatic carbocycles. The molecule has 1 aromatic rings. The molecule has 0 bridgehead atoms. The van der Waals surface area contributed by atoms with E-state index in [1.54, 1.807) is 0 Å². The summed E-state index contributed by atoms with van der Waals surface area (Å²) in [5.74, 6) is 1.52. The summed E-state index contributed by atoms with van der Waals surface area (Å²) in [6.07, 6.45) is 9.41. The molecule has 17 heavy (non-hydrogen) atoms. The first kappa shape index (κ1) is 11.0. The van der Waals surface area contributed by atoms with Gasteiger partial charge in [-0.25, -0.2) is 9.97 Å². The summed E-state index contributed by atoms with van der Waals surface area (Å²) in [5.41, 5.74) is 1.29. The highest BCUT2D eigenvalue weighted by molar-refractivity contribution is 5.31. The third kappa shape index (κ3) is 2.27. The van der Waals surface area contributed by atoms with E-state index in [0.717, 1.165) is 31.9 Å². The molecule has 92 valence electrons. The molecule has 0 atom stereocenters. The molecule has 0 spiro atoms. The Morgan fingerprint density at radius 1 is 1.06 bits per heavy atom. The van der Waals surface area contributed by atoms with Crippen LogP contribution in [0.15, 0.2) is 12.4 Å². The van der Waals surface area contributed by atoms with Crippen molar-refractivity contribution < 1.29 is 5.11 Å². The van der Waals surface area contributed by atoms with E-state index in [1.165, 1.54) is 24.8 Å². The topological polar surface area (TPSA) is 49.2 Å². The van der Waals surface area contributed by atoms with Crippen LogP contribution in [0.3, 0.4) is 0 Å². The van der Waals surface area contributed by atoms with Gasteiger partial charge in [-0.1, -0.05) is 6.42 Å². The predicted octanol–water partition coefficient (Wildman–Crippen LogP) is 1.71. The lowest BCUT2D eigenvalue weighted by Gasteiger charge is -2.30. The molecule has 0 amide bonds. The molecule has 0 radical (unpaired) electrons. The SMILES string of the molecule is OC1CCN(c2ncc(C3CCC3)cn2)CC1. The van der Waals surface area contributed by atoms with Crippen LogP contribution < -0.4 is 4.90 Å². The number of hydrogen-bond donors (Lipinski definition) is 1. The largest absolute Gasteiger partial charge is 0.393 e. The van der Waals surface area contributed by atoms with E-state index in [1.807, 2.05) is 12.4 Å². The average Bonchev–Trinajstić information content (AvgIpc) is 2.29. The second-order valence-electron chi connectivity index (χ2n) is 5.16. The monoisotopic (exact) mass is 233 g/mol. The van der Waals surface area contributed by atoms with Gasteiger partial charge in [-0.3, -0.25) is 0 Å². The van der Waals surface area contributed by atoms with Crippen molar-refractivity contribution in [2.24, 2.45) is 0 Å². The second kappa shape index (κ2) is 4.61. The molecule has 1 saturated carbocycles. The number of aliphatic hydroxyl groups excluding tert-OH is 1. The maximum absolute atomic E-state index is 9.46. The lowest BCUT2D eigenvalue weighted by Crippen LogP contribution is -2.36. The van der Waals surface area contributed by atoms with Gasteiger partial charge in [0.2, 0.25) is 5.95 Å². The summed E-state index contributed by atoms with van der Waals surface area (Å²) in [6, 6.07) is 0. The number of rotatable bonds is 2. The smallest absolute Gasteiger partial charge is 0.225 e. The molecule has 2 fully saturated rings. The van der Waals surface area contributed by atoms with E-state index in [9.17, 15) is 5.11 Å². The van der Waals surface area contributed by atoms with Gasteiger partial charge in [0.1, 0.15) is 0 Å². The average molecular weight is 233 g/mol. The van der Waals surface area contributed by atoms with Crippen molar-refractivity contribution in [3.63, 3.8) is 0 Å². The first-order chi connectivity index (χ1) is 8.33. The minimum absolute atomic E-state index is 0.138. The Bertz CT molecular complexity index is 367. The molecular weight excluding hydrogens is 214 g/mol. The molecular formula is C13H19N3O. The van der Waals surface area contributed by atoms with E-state index in [2.05, 4.69) is 14.9 Å². The van der Waals surface area contributed by atoms with Crippen molar-refractivity contribution >= 4 is 5.95 Å². The number of aliphatic hydroxyl groups is 1. The van der Waals surface area contributed by atoms with E-state index >= 15 is 0 Å². The normalized spacial score (nSPS) is 22.5. The molecule has 1 N–H and O–H groups in total. The lowest BCUT2D eigenvalue weighted by molar-refractivity contribution is 0.145. The number of hydrogen-bond acceptors (Lipinski definition) is 4.